The summed E-state index contributed by atoms with van der Waals surface area (Å²) in [5.74, 6) is 0. The van der Waals surface area contributed by atoms with Crippen molar-refractivity contribution in [3.05, 3.63) is 12.3 Å². The van der Waals surface area contributed by atoms with Gasteiger partial charge in [-0.05, 0) is 19.2 Å². The van der Waals surface area contributed by atoms with Gasteiger partial charge in [-0.15, -0.1) is 0 Å². The molecule has 8 heavy (non-hydrogen) atoms. The molecule has 1 atom stereocenters. The van der Waals surface area contributed by atoms with Gasteiger partial charge in [-0.1, -0.05) is 12.2 Å². The van der Waals surface area contributed by atoms with Crippen molar-refractivity contribution in [3.63, 3.8) is 0 Å². The Morgan fingerprint density at radius 3 is 2.50 bits per heavy atom. The van der Waals surface area contributed by atoms with Gasteiger partial charge in [-0.25, -0.2) is 0 Å². The molecule has 0 saturated carbocycles. The highest BCUT2D eigenvalue weighted by Gasteiger charge is 1.96. The number of nitrogens with two attached hydrogens (primary N) is 1. The van der Waals surface area contributed by atoms with Crippen molar-refractivity contribution in [2.45, 2.75) is 13.0 Å². The van der Waals surface area contributed by atoms with Crippen LogP contribution in [0.25, 0.3) is 0 Å². The molecular formula is C5H9NOS. The van der Waals surface area contributed by atoms with Crippen LogP contribution in [0.4, 0.5) is 0 Å². The van der Waals surface area contributed by atoms with Crippen molar-refractivity contribution in [2.24, 2.45) is 5.73 Å². The van der Waals surface area contributed by atoms with E-state index < -0.39 is 6.10 Å². The lowest BCUT2D eigenvalue weighted by Crippen LogP contribution is -2.10. The fraction of sp³-hybridized carbons (Fsp3) is 0.400. The minimum atomic E-state index is -0.565. The van der Waals surface area contributed by atoms with E-state index in [4.69, 9.17) is 10.8 Å². The van der Waals surface area contributed by atoms with Gasteiger partial charge < -0.3 is 10.8 Å². The van der Waals surface area contributed by atoms with Gasteiger partial charge in [0.05, 0.1) is 6.10 Å². The number of aliphatic hydroxyl groups is 1. The molecular weight excluding hydrogens is 122 g/mol. The molecule has 0 spiro atoms. The van der Waals surface area contributed by atoms with E-state index in [-0.39, 0.29) is 0 Å². The molecule has 0 aliphatic carbocycles. The zero-order chi connectivity index (χ0) is 6.57. The van der Waals surface area contributed by atoms with E-state index in [2.05, 4.69) is 12.2 Å². The van der Waals surface area contributed by atoms with E-state index in [0.29, 0.717) is 4.86 Å². The molecule has 0 aromatic rings. The van der Waals surface area contributed by atoms with Crippen LogP contribution in [0.3, 0.4) is 0 Å². The number of hydrogen-bond donors (Lipinski definition) is 2. The first-order valence-electron chi connectivity index (χ1n) is 2.28. The average molecular weight is 131 g/mol. The van der Waals surface area contributed by atoms with Crippen molar-refractivity contribution in [3.8, 4) is 0 Å². The second-order valence-corrected chi connectivity index (χ2v) is 1.91. The largest absolute Gasteiger partial charge is 0.405 e. The molecule has 0 bridgehead atoms. The first-order chi connectivity index (χ1) is 3.68. The minimum Gasteiger partial charge on any atom is -0.405 e. The quantitative estimate of drug-likeness (QED) is 0.416. The summed E-state index contributed by atoms with van der Waals surface area (Å²) in [6, 6.07) is 0. The summed E-state index contributed by atoms with van der Waals surface area (Å²) in [6.07, 6.45) is 2.25. The molecule has 0 saturated heterocycles. The van der Waals surface area contributed by atoms with Crippen molar-refractivity contribution < 1.29 is 5.11 Å². The van der Waals surface area contributed by atoms with Gasteiger partial charge in [0.2, 0.25) is 0 Å². The average Bonchev–Trinajstić information content (AvgIpc) is 1.67. The standard InChI is InChI=1S/C5H9NOS/c1-4(7)5(8)2-3-6/h2-4,7H,6H2,1H3/b3-2-. The van der Waals surface area contributed by atoms with Crippen LogP contribution in [0.1, 0.15) is 6.92 Å². The molecule has 0 heterocycles. The summed E-state index contributed by atoms with van der Waals surface area (Å²) >= 11 is 4.66. The van der Waals surface area contributed by atoms with E-state index in [9.17, 15) is 0 Å². The maximum Gasteiger partial charge on any atom is 0.0862 e. The molecule has 1 unspecified atom stereocenters. The van der Waals surface area contributed by atoms with Crippen LogP contribution in [-0.4, -0.2) is 16.1 Å². The Morgan fingerprint density at radius 1 is 1.88 bits per heavy atom. The highest BCUT2D eigenvalue weighted by molar-refractivity contribution is 7.80. The van der Waals surface area contributed by atoms with Crippen LogP contribution in [0.5, 0.6) is 0 Å². The molecule has 0 aromatic heterocycles. The second kappa shape index (κ2) is 3.57. The highest BCUT2D eigenvalue weighted by atomic mass is 32.1. The number of thiocarbonyl (C=S) groups is 1. The third-order valence-electron chi connectivity index (χ3n) is 0.672. The molecule has 0 aliphatic rings. The first-order valence-corrected chi connectivity index (χ1v) is 2.69. The predicted octanol–water partition coefficient (Wildman–Crippen LogP) is 0.209. The normalized spacial score (nSPS) is 14.2. The molecule has 0 aromatic carbocycles. The Labute approximate surface area is 54.0 Å². The SMILES string of the molecule is CC(O)C(=S)/C=C\N. The lowest BCUT2D eigenvalue weighted by Gasteiger charge is -1.97. The van der Waals surface area contributed by atoms with E-state index in [1.165, 1.54) is 12.3 Å². The van der Waals surface area contributed by atoms with Gasteiger partial charge in [0.25, 0.3) is 0 Å². The van der Waals surface area contributed by atoms with Crippen LogP contribution in [-0.2, 0) is 0 Å². The van der Waals surface area contributed by atoms with Gasteiger partial charge in [-0.2, -0.15) is 0 Å². The van der Waals surface area contributed by atoms with E-state index in [1.807, 2.05) is 0 Å². The third-order valence-corrected chi connectivity index (χ3v) is 1.15. The van der Waals surface area contributed by atoms with Gasteiger partial charge >= 0.3 is 0 Å². The van der Waals surface area contributed by atoms with Crippen molar-refractivity contribution in [1.82, 2.24) is 0 Å². The lowest BCUT2D eigenvalue weighted by atomic mass is 10.3. The van der Waals surface area contributed by atoms with Crippen LogP contribution < -0.4 is 5.73 Å². The highest BCUT2D eigenvalue weighted by Crippen LogP contribution is 1.87. The van der Waals surface area contributed by atoms with E-state index in [1.54, 1.807) is 6.92 Å². The van der Waals surface area contributed by atoms with Crippen molar-refractivity contribution >= 4 is 17.1 Å². The summed E-state index contributed by atoms with van der Waals surface area (Å²) in [6.45, 7) is 1.60. The lowest BCUT2D eigenvalue weighted by molar-refractivity contribution is 0.265. The van der Waals surface area contributed by atoms with Crippen molar-refractivity contribution in [2.75, 3.05) is 0 Å². The number of rotatable bonds is 2. The van der Waals surface area contributed by atoms with Gasteiger partial charge in [0, 0.05) is 4.86 Å². The van der Waals surface area contributed by atoms with Crippen LogP contribution >= 0.6 is 12.2 Å². The number of aliphatic hydroxyl groups excluding tert-OH is 1. The molecule has 0 amide bonds. The molecule has 46 valence electrons. The van der Waals surface area contributed by atoms with Gasteiger partial charge in [0.1, 0.15) is 0 Å². The van der Waals surface area contributed by atoms with Crippen LogP contribution in [0.15, 0.2) is 12.3 Å². The van der Waals surface area contributed by atoms with Crippen molar-refractivity contribution in [1.29, 1.82) is 0 Å². The predicted molar refractivity (Wildman–Crippen MR) is 37.6 cm³/mol. The third kappa shape index (κ3) is 2.71. The topological polar surface area (TPSA) is 46.2 Å². The monoisotopic (exact) mass is 131 g/mol. The van der Waals surface area contributed by atoms with Crippen LogP contribution in [0.2, 0.25) is 0 Å². The smallest absolute Gasteiger partial charge is 0.0862 e. The summed E-state index contributed by atoms with van der Waals surface area (Å²) in [5, 5.41) is 8.70. The first kappa shape index (κ1) is 7.59. The van der Waals surface area contributed by atoms with E-state index in [0.717, 1.165) is 0 Å². The van der Waals surface area contributed by atoms with Gasteiger partial charge in [0.15, 0.2) is 0 Å². The van der Waals surface area contributed by atoms with Gasteiger partial charge in [-0.3, -0.25) is 0 Å². The fourth-order valence-electron chi connectivity index (χ4n) is 0.234. The maximum atomic E-state index is 8.70. The maximum absolute atomic E-state index is 8.70. The Balaban J connectivity index is 3.66. The zero-order valence-corrected chi connectivity index (χ0v) is 5.48. The Kier molecular flexibility index (Phi) is 3.39. The molecule has 0 aliphatic heterocycles. The molecule has 0 fully saturated rings. The molecule has 3 N–H and O–H groups in total. The summed E-state index contributed by atoms with van der Waals surface area (Å²) in [7, 11) is 0. The summed E-state index contributed by atoms with van der Waals surface area (Å²) < 4.78 is 0. The van der Waals surface area contributed by atoms with Crippen LogP contribution in [0, 0.1) is 0 Å². The summed E-state index contributed by atoms with van der Waals surface area (Å²) in [5.41, 5.74) is 4.99. The molecule has 2 nitrogen and oxygen atoms in total. The minimum absolute atomic E-state index is 0.465. The van der Waals surface area contributed by atoms with E-state index >= 15 is 0 Å². The molecule has 0 rings (SSSR count). The summed E-state index contributed by atoms with van der Waals surface area (Å²) in [4.78, 5) is 0.465. The number of hydrogen-bond acceptors (Lipinski definition) is 3. The molecule has 3 heteroatoms. The Bertz CT molecular complexity index is 109. The zero-order valence-electron chi connectivity index (χ0n) is 4.66. The Hall–Kier alpha value is -0.410. The molecule has 0 radical (unpaired) electrons. The second-order valence-electron chi connectivity index (χ2n) is 1.44. The fourth-order valence-corrected chi connectivity index (χ4v) is 0.313. The Morgan fingerprint density at radius 2 is 2.38 bits per heavy atom.